The highest BCUT2D eigenvalue weighted by molar-refractivity contribution is 5.31. The lowest BCUT2D eigenvalue weighted by Gasteiger charge is -2.15. The Bertz CT molecular complexity index is 997. The number of nitrogens with zero attached hydrogens (tertiary/aromatic N) is 4. The van der Waals surface area contributed by atoms with Crippen LogP contribution in [0.2, 0.25) is 0 Å². The zero-order chi connectivity index (χ0) is 20.3. The Hall–Kier alpha value is -3.17. The Labute approximate surface area is 158 Å². The van der Waals surface area contributed by atoms with Crippen molar-refractivity contribution in [2.24, 2.45) is 0 Å². The molecule has 10 heteroatoms. The van der Waals surface area contributed by atoms with Gasteiger partial charge in [0.1, 0.15) is 0 Å². The number of pyridine rings is 1. The number of aromatic amines is 1. The van der Waals surface area contributed by atoms with Crippen LogP contribution in [0.4, 0.5) is 19.1 Å². The number of hydrogen-bond donors (Lipinski definition) is 2. The Morgan fingerprint density at radius 3 is 2.61 bits per heavy atom. The lowest BCUT2D eigenvalue weighted by atomic mass is 10.1. The Kier molecular flexibility index (Phi) is 5.48. The molecule has 0 bridgehead atoms. The van der Waals surface area contributed by atoms with Gasteiger partial charge in [0.15, 0.2) is 5.69 Å². The Balaban J connectivity index is 1.72. The van der Waals surface area contributed by atoms with Gasteiger partial charge in [0.25, 0.3) is 5.56 Å². The van der Waals surface area contributed by atoms with E-state index in [1.54, 1.807) is 19.3 Å². The van der Waals surface area contributed by atoms with E-state index in [2.05, 4.69) is 25.4 Å². The average Bonchev–Trinajstić information content (AvgIpc) is 3.01. The largest absolute Gasteiger partial charge is 0.435 e. The standard InChI is InChI=1S/C18H19F3N6O/c1-11-9-15(18(19,20)21)26-27(11)8-5-14-10-16(28)25-17(24-14)23-12(2)13-3-6-22-7-4-13/h3-4,6-7,9-10,12H,5,8H2,1-2H3,(H2,23,24,25,28)/t12-/m0/s1. The van der Waals surface area contributed by atoms with Gasteiger partial charge in [-0.15, -0.1) is 0 Å². The van der Waals surface area contributed by atoms with E-state index in [9.17, 15) is 18.0 Å². The second-order valence-electron chi connectivity index (χ2n) is 6.37. The first-order chi connectivity index (χ1) is 13.2. The van der Waals surface area contributed by atoms with Gasteiger partial charge >= 0.3 is 6.18 Å². The summed E-state index contributed by atoms with van der Waals surface area (Å²) in [6, 6.07) is 5.89. The van der Waals surface area contributed by atoms with Crippen molar-refractivity contribution in [3.63, 3.8) is 0 Å². The molecule has 0 aliphatic heterocycles. The quantitative estimate of drug-likeness (QED) is 0.673. The SMILES string of the molecule is Cc1cc(C(F)(F)F)nn1CCc1cc(=O)[nH]c(N[C@@H](C)c2ccncc2)n1. The number of H-pyrrole nitrogens is 1. The summed E-state index contributed by atoms with van der Waals surface area (Å²) in [6.45, 7) is 3.64. The molecule has 3 aromatic heterocycles. The fourth-order valence-electron chi connectivity index (χ4n) is 2.74. The molecule has 0 aliphatic rings. The van der Waals surface area contributed by atoms with Crippen molar-refractivity contribution >= 4 is 5.95 Å². The maximum absolute atomic E-state index is 12.8. The van der Waals surface area contributed by atoms with E-state index in [4.69, 9.17) is 0 Å². The monoisotopic (exact) mass is 392 g/mol. The second kappa shape index (κ2) is 7.83. The summed E-state index contributed by atoms with van der Waals surface area (Å²) >= 11 is 0. The predicted octanol–water partition coefficient (Wildman–Crippen LogP) is 3.10. The lowest BCUT2D eigenvalue weighted by molar-refractivity contribution is -0.141. The predicted molar refractivity (Wildman–Crippen MR) is 96.8 cm³/mol. The van der Waals surface area contributed by atoms with E-state index in [0.717, 1.165) is 11.6 Å². The van der Waals surface area contributed by atoms with E-state index >= 15 is 0 Å². The Morgan fingerprint density at radius 1 is 1.25 bits per heavy atom. The highest BCUT2D eigenvalue weighted by atomic mass is 19.4. The molecule has 0 unspecified atom stereocenters. The topological polar surface area (TPSA) is 88.5 Å². The van der Waals surface area contributed by atoms with E-state index in [1.807, 2.05) is 19.1 Å². The van der Waals surface area contributed by atoms with Gasteiger partial charge in [-0.05, 0) is 37.6 Å². The van der Waals surface area contributed by atoms with Crippen molar-refractivity contribution in [1.29, 1.82) is 0 Å². The molecule has 7 nitrogen and oxygen atoms in total. The number of aromatic nitrogens is 5. The smallest absolute Gasteiger partial charge is 0.349 e. The number of alkyl halides is 3. The third-order valence-electron chi connectivity index (χ3n) is 4.21. The molecule has 2 N–H and O–H groups in total. The summed E-state index contributed by atoms with van der Waals surface area (Å²) in [7, 11) is 0. The lowest BCUT2D eigenvalue weighted by Crippen LogP contribution is -2.17. The molecule has 0 radical (unpaired) electrons. The van der Waals surface area contributed by atoms with Gasteiger partial charge in [0, 0.05) is 37.1 Å². The molecule has 0 saturated carbocycles. The zero-order valence-electron chi connectivity index (χ0n) is 15.3. The minimum atomic E-state index is -4.49. The number of rotatable bonds is 6. The minimum Gasteiger partial charge on any atom is -0.349 e. The van der Waals surface area contributed by atoms with Gasteiger partial charge in [0.05, 0.1) is 11.7 Å². The molecule has 0 aromatic carbocycles. The van der Waals surface area contributed by atoms with Crippen LogP contribution in [0.5, 0.6) is 0 Å². The van der Waals surface area contributed by atoms with Crippen LogP contribution >= 0.6 is 0 Å². The van der Waals surface area contributed by atoms with Crippen molar-refractivity contribution in [3.8, 4) is 0 Å². The zero-order valence-corrected chi connectivity index (χ0v) is 15.3. The summed E-state index contributed by atoms with van der Waals surface area (Å²) in [5, 5.41) is 6.69. The van der Waals surface area contributed by atoms with Gasteiger partial charge in [-0.3, -0.25) is 19.4 Å². The molecule has 0 saturated heterocycles. The van der Waals surface area contributed by atoms with E-state index < -0.39 is 11.9 Å². The molecule has 0 spiro atoms. The van der Waals surface area contributed by atoms with Crippen LogP contribution in [0, 0.1) is 6.92 Å². The molecule has 3 rings (SSSR count). The number of halogens is 3. The summed E-state index contributed by atoms with van der Waals surface area (Å²) in [6.07, 6.45) is -0.885. The number of nitrogens with one attached hydrogen (secondary N) is 2. The van der Waals surface area contributed by atoms with Crippen LogP contribution in [-0.4, -0.2) is 24.7 Å². The fourth-order valence-corrected chi connectivity index (χ4v) is 2.74. The first kappa shape index (κ1) is 19.6. The van der Waals surface area contributed by atoms with Crippen molar-refractivity contribution < 1.29 is 13.2 Å². The van der Waals surface area contributed by atoms with Crippen molar-refractivity contribution in [2.75, 3.05) is 5.32 Å². The maximum Gasteiger partial charge on any atom is 0.435 e. The van der Waals surface area contributed by atoms with Gasteiger partial charge in [-0.25, -0.2) is 4.98 Å². The number of hydrogen-bond acceptors (Lipinski definition) is 5. The number of anilines is 1. The van der Waals surface area contributed by atoms with E-state index in [1.165, 1.54) is 10.7 Å². The molecule has 0 amide bonds. The molecule has 148 valence electrons. The summed E-state index contributed by atoms with van der Waals surface area (Å²) in [4.78, 5) is 22.9. The van der Waals surface area contributed by atoms with Crippen LogP contribution in [0.15, 0.2) is 41.5 Å². The van der Waals surface area contributed by atoms with Crippen LogP contribution in [-0.2, 0) is 19.1 Å². The number of aryl methyl sites for hydroxylation is 3. The fraction of sp³-hybridized carbons (Fsp3) is 0.333. The molecule has 3 heterocycles. The highest BCUT2D eigenvalue weighted by Gasteiger charge is 2.34. The third kappa shape index (κ3) is 4.76. The maximum atomic E-state index is 12.8. The normalized spacial score (nSPS) is 12.8. The van der Waals surface area contributed by atoms with Crippen LogP contribution in [0.3, 0.4) is 0 Å². The van der Waals surface area contributed by atoms with E-state index in [-0.39, 0.29) is 24.6 Å². The molecule has 28 heavy (non-hydrogen) atoms. The van der Waals surface area contributed by atoms with Gasteiger partial charge in [-0.1, -0.05) is 0 Å². The second-order valence-corrected chi connectivity index (χ2v) is 6.37. The van der Waals surface area contributed by atoms with Gasteiger partial charge < -0.3 is 5.32 Å². The Morgan fingerprint density at radius 2 is 1.96 bits per heavy atom. The third-order valence-corrected chi connectivity index (χ3v) is 4.21. The van der Waals surface area contributed by atoms with Crippen LogP contribution in [0.25, 0.3) is 0 Å². The summed E-state index contributed by atoms with van der Waals surface area (Å²) in [5.74, 6) is 0.292. The summed E-state index contributed by atoms with van der Waals surface area (Å²) in [5.41, 5.74) is 0.536. The van der Waals surface area contributed by atoms with Crippen LogP contribution in [0.1, 0.15) is 35.6 Å². The molecule has 0 aliphatic carbocycles. The first-order valence-corrected chi connectivity index (χ1v) is 8.61. The van der Waals surface area contributed by atoms with Crippen molar-refractivity contribution in [3.05, 3.63) is 69.7 Å². The molecular weight excluding hydrogens is 373 g/mol. The van der Waals surface area contributed by atoms with Gasteiger partial charge in [0.2, 0.25) is 5.95 Å². The molecule has 1 atom stereocenters. The highest BCUT2D eigenvalue weighted by Crippen LogP contribution is 2.28. The minimum absolute atomic E-state index is 0.121. The molecule has 0 fully saturated rings. The van der Waals surface area contributed by atoms with E-state index in [0.29, 0.717) is 17.3 Å². The summed E-state index contributed by atoms with van der Waals surface area (Å²) < 4.78 is 39.6. The van der Waals surface area contributed by atoms with Crippen molar-refractivity contribution in [2.45, 2.75) is 39.0 Å². The first-order valence-electron chi connectivity index (χ1n) is 8.61. The average molecular weight is 392 g/mol. The molecule has 3 aromatic rings. The van der Waals surface area contributed by atoms with Crippen molar-refractivity contribution in [1.82, 2.24) is 24.7 Å². The van der Waals surface area contributed by atoms with Gasteiger partial charge in [-0.2, -0.15) is 18.3 Å². The van der Waals surface area contributed by atoms with Crippen LogP contribution < -0.4 is 10.9 Å². The molecular formula is C18H19F3N6O.